The first-order chi connectivity index (χ1) is 14.2. The van der Waals surface area contributed by atoms with Crippen molar-refractivity contribution in [2.24, 2.45) is 5.92 Å². The number of fused-ring (bicyclic) bond motifs is 3. The average molecular weight is 386 g/mol. The van der Waals surface area contributed by atoms with Gasteiger partial charge < -0.3 is 5.11 Å². The molecule has 0 amide bonds. The van der Waals surface area contributed by atoms with Gasteiger partial charge >= 0.3 is 5.97 Å². The Hall–Kier alpha value is -2.72. The summed E-state index contributed by atoms with van der Waals surface area (Å²) in [7, 11) is 0. The Morgan fingerprint density at radius 3 is 2.66 bits per heavy atom. The van der Waals surface area contributed by atoms with E-state index in [0.717, 1.165) is 18.5 Å². The molecule has 2 bridgehead atoms. The highest BCUT2D eigenvalue weighted by Gasteiger charge is 2.40. The van der Waals surface area contributed by atoms with Crippen molar-refractivity contribution in [1.82, 2.24) is 9.88 Å². The summed E-state index contributed by atoms with van der Waals surface area (Å²) in [5.74, 6) is -0.133. The van der Waals surface area contributed by atoms with Crippen molar-refractivity contribution in [3.63, 3.8) is 0 Å². The van der Waals surface area contributed by atoms with Crippen molar-refractivity contribution in [3.05, 3.63) is 77.6 Å². The molecule has 0 aliphatic carbocycles. The molecule has 4 nitrogen and oxygen atoms in total. The number of rotatable bonds is 5. The number of pyridine rings is 1. The van der Waals surface area contributed by atoms with Crippen LogP contribution in [0, 0.1) is 5.92 Å². The third kappa shape index (κ3) is 3.65. The average Bonchev–Trinajstić information content (AvgIpc) is 2.96. The van der Waals surface area contributed by atoms with Crippen molar-refractivity contribution in [2.45, 2.75) is 50.7 Å². The van der Waals surface area contributed by atoms with Gasteiger partial charge in [0, 0.05) is 36.4 Å². The minimum absolute atomic E-state index is 0.384. The van der Waals surface area contributed by atoms with Gasteiger partial charge in [0.15, 0.2) is 0 Å². The van der Waals surface area contributed by atoms with Gasteiger partial charge in [0.1, 0.15) is 0 Å². The minimum Gasteiger partial charge on any atom is -0.478 e. The monoisotopic (exact) mass is 386 g/mol. The Balaban J connectivity index is 1.30. The van der Waals surface area contributed by atoms with Crippen LogP contribution in [0.5, 0.6) is 0 Å². The Bertz CT molecular complexity index is 1030. The van der Waals surface area contributed by atoms with Crippen LogP contribution in [-0.2, 0) is 13.0 Å². The first-order valence-electron chi connectivity index (χ1n) is 10.6. The molecule has 3 heterocycles. The highest BCUT2D eigenvalue weighted by atomic mass is 16.4. The second-order valence-electron chi connectivity index (χ2n) is 8.62. The maximum atomic E-state index is 11.3. The smallest absolute Gasteiger partial charge is 0.335 e. The van der Waals surface area contributed by atoms with E-state index in [1.54, 1.807) is 6.07 Å². The lowest BCUT2D eigenvalue weighted by molar-refractivity contribution is 0.0696. The van der Waals surface area contributed by atoms with E-state index >= 15 is 0 Å². The fourth-order valence-corrected chi connectivity index (χ4v) is 5.50. The summed E-state index contributed by atoms with van der Waals surface area (Å²) in [5.41, 5.74) is 2.94. The van der Waals surface area contributed by atoms with Crippen molar-refractivity contribution in [2.75, 3.05) is 0 Å². The molecular weight excluding hydrogens is 360 g/mol. The van der Waals surface area contributed by atoms with Gasteiger partial charge in [-0.3, -0.25) is 9.88 Å². The zero-order chi connectivity index (χ0) is 19.8. The van der Waals surface area contributed by atoms with Gasteiger partial charge in [0.25, 0.3) is 0 Å². The number of nitrogens with zero attached hydrogens (tertiary/aromatic N) is 2. The fraction of sp³-hybridized carbons (Fsp3) is 0.360. The number of piperidine rings is 1. The molecule has 2 aliphatic rings. The van der Waals surface area contributed by atoms with E-state index in [4.69, 9.17) is 0 Å². The van der Waals surface area contributed by atoms with Crippen LogP contribution in [0.2, 0.25) is 0 Å². The van der Waals surface area contributed by atoms with Crippen LogP contribution in [0.25, 0.3) is 10.8 Å². The number of carbonyl (C=O) groups is 1. The maximum absolute atomic E-state index is 11.3. The molecular formula is C25H26N2O2. The number of benzene rings is 2. The standard InChI is InChI=1S/C25H26N2O2/c28-25(29)20-5-1-3-17(11-20)16-27-22-7-8-23(27)14-18(13-22)12-19-4-2-6-21-15-26-10-9-24(19)21/h1-6,9-11,15,18,22-23H,7-8,12-14,16H2,(H,28,29). The molecule has 2 saturated heterocycles. The molecule has 148 valence electrons. The summed E-state index contributed by atoms with van der Waals surface area (Å²) in [5, 5.41) is 11.8. The van der Waals surface area contributed by atoms with Crippen molar-refractivity contribution in [1.29, 1.82) is 0 Å². The van der Waals surface area contributed by atoms with Crippen molar-refractivity contribution >= 4 is 16.7 Å². The van der Waals surface area contributed by atoms with E-state index in [2.05, 4.69) is 40.2 Å². The third-order valence-electron chi connectivity index (χ3n) is 6.80. The summed E-state index contributed by atoms with van der Waals surface area (Å²) < 4.78 is 0. The normalized spacial score (nSPS) is 24.1. The molecule has 0 radical (unpaired) electrons. The quantitative estimate of drug-likeness (QED) is 0.676. The topological polar surface area (TPSA) is 53.4 Å². The predicted octanol–water partition coefficient (Wildman–Crippen LogP) is 4.92. The van der Waals surface area contributed by atoms with Crippen LogP contribution < -0.4 is 0 Å². The number of aromatic carboxylic acids is 1. The van der Waals surface area contributed by atoms with E-state index in [-0.39, 0.29) is 0 Å². The second-order valence-corrected chi connectivity index (χ2v) is 8.62. The van der Waals surface area contributed by atoms with Crippen molar-refractivity contribution in [3.8, 4) is 0 Å². The van der Waals surface area contributed by atoms with Crippen LogP contribution in [0.15, 0.2) is 60.9 Å². The number of hydrogen-bond donors (Lipinski definition) is 1. The predicted molar refractivity (Wildman–Crippen MR) is 114 cm³/mol. The van der Waals surface area contributed by atoms with Gasteiger partial charge in [-0.05, 0) is 72.7 Å². The first kappa shape index (κ1) is 18.3. The maximum Gasteiger partial charge on any atom is 0.335 e. The van der Waals surface area contributed by atoms with Crippen LogP contribution in [0.3, 0.4) is 0 Å². The number of carboxylic acids is 1. The minimum atomic E-state index is -0.848. The van der Waals surface area contributed by atoms with Gasteiger partial charge in [-0.2, -0.15) is 0 Å². The van der Waals surface area contributed by atoms with E-state index in [1.165, 1.54) is 42.0 Å². The Labute approximate surface area is 171 Å². The lowest BCUT2D eigenvalue weighted by Gasteiger charge is -2.39. The number of aromatic nitrogens is 1. The summed E-state index contributed by atoms with van der Waals surface area (Å²) in [4.78, 5) is 18.2. The third-order valence-corrected chi connectivity index (χ3v) is 6.80. The SMILES string of the molecule is O=C(O)c1cccc(CN2C3CCC2CC(Cc2cccc4cnccc24)C3)c1. The van der Waals surface area contributed by atoms with E-state index < -0.39 is 5.97 Å². The van der Waals surface area contributed by atoms with Crippen LogP contribution in [0.1, 0.15) is 47.2 Å². The molecule has 1 N–H and O–H groups in total. The largest absolute Gasteiger partial charge is 0.478 e. The fourth-order valence-electron chi connectivity index (χ4n) is 5.50. The van der Waals surface area contributed by atoms with E-state index in [1.807, 2.05) is 24.5 Å². The van der Waals surface area contributed by atoms with Crippen LogP contribution in [0.4, 0.5) is 0 Å². The van der Waals surface area contributed by atoms with Gasteiger partial charge in [0.05, 0.1) is 5.56 Å². The lowest BCUT2D eigenvalue weighted by atomic mass is 9.84. The Morgan fingerprint density at radius 1 is 1.07 bits per heavy atom. The molecule has 2 fully saturated rings. The number of hydrogen-bond acceptors (Lipinski definition) is 3. The molecule has 29 heavy (non-hydrogen) atoms. The zero-order valence-corrected chi connectivity index (χ0v) is 16.5. The second kappa shape index (κ2) is 7.60. The molecule has 2 unspecified atom stereocenters. The van der Waals surface area contributed by atoms with E-state index in [0.29, 0.717) is 23.6 Å². The molecule has 3 aromatic rings. The molecule has 4 heteroatoms. The van der Waals surface area contributed by atoms with Gasteiger partial charge in [-0.15, -0.1) is 0 Å². The van der Waals surface area contributed by atoms with Crippen LogP contribution in [-0.4, -0.2) is 33.0 Å². The van der Waals surface area contributed by atoms with Gasteiger partial charge in [-0.1, -0.05) is 30.3 Å². The lowest BCUT2D eigenvalue weighted by Crippen LogP contribution is -2.42. The first-order valence-corrected chi connectivity index (χ1v) is 10.6. The van der Waals surface area contributed by atoms with Gasteiger partial charge in [-0.25, -0.2) is 4.79 Å². The highest BCUT2D eigenvalue weighted by Crippen LogP contribution is 2.41. The molecule has 1 aromatic heterocycles. The molecule has 2 aliphatic heterocycles. The number of carboxylic acid groups (broad SMARTS) is 1. The summed E-state index contributed by atoms with van der Waals surface area (Å²) in [6.07, 6.45) is 9.97. The molecule has 2 aromatic carbocycles. The summed E-state index contributed by atoms with van der Waals surface area (Å²) >= 11 is 0. The van der Waals surface area contributed by atoms with Crippen molar-refractivity contribution < 1.29 is 9.90 Å². The van der Waals surface area contributed by atoms with E-state index in [9.17, 15) is 9.90 Å². The highest BCUT2D eigenvalue weighted by molar-refractivity contribution is 5.87. The Morgan fingerprint density at radius 2 is 1.86 bits per heavy atom. The molecule has 0 saturated carbocycles. The van der Waals surface area contributed by atoms with Gasteiger partial charge in [0.2, 0.25) is 0 Å². The molecule has 0 spiro atoms. The van der Waals surface area contributed by atoms with Crippen LogP contribution >= 0.6 is 0 Å². The summed E-state index contributed by atoms with van der Waals surface area (Å²) in [6, 6.07) is 17.4. The zero-order valence-electron chi connectivity index (χ0n) is 16.5. The molecule has 2 atom stereocenters. The Kier molecular flexibility index (Phi) is 4.80. The summed E-state index contributed by atoms with van der Waals surface area (Å²) in [6.45, 7) is 0.864. The molecule has 5 rings (SSSR count).